The molecule has 0 atom stereocenters. The van der Waals surface area contributed by atoms with E-state index in [9.17, 15) is 18.0 Å². The molecule has 72 valence electrons. The smallest absolute Gasteiger partial charge is 0.346 e. The van der Waals surface area contributed by atoms with Gasteiger partial charge < -0.3 is 10.2 Å². The van der Waals surface area contributed by atoms with Crippen molar-refractivity contribution in [1.82, 2.24) is 10.8 Å². The number of carbonyl (C=O) groups is 1. The lowest BCUT2D eigenvalue weighted by Crippen LogP contribution is -2.38. The van der Waals surface area contributed by atoms with Crippen molar-refractivity contribution in [2.75, 3.05) is 20.2 Å². The van der Waals surface area contributed by atoms with Crippen LogP contribution in [0.5, 0.6) is 0 Å². The Morgan fingerprint density at radius 2 is 2.08 bits per heavy atom. The minimum atomic E-state index is -4.37. The third kappa shape index (κ3) is 7.29. The van der Waals surface area contributed by atoms with Gasteiger partial charge in [-0.2, -0.15) is 18.7 Å². The Labute approximate surface area is 67.0 Å². The number of hydroxylamine groups is 1. The third-order valence-corrected chi connectivity index (χ3v) is 0.863. The zero-order valence-electron chi connectivity index (χ0n) is 6.36. The highest BCUT2D eigenvalue weighted by molar-refractivity contribution is 5.77. The minimum absolute atomic E-state index is 0.299. The number of alkyl halides is 3. The molecule has 4 nitrogen and oxygen atoms in total. The number of amides is 1. The Morgan fingerprint density at radius 3 is 2.50 bits per heavy atom. The fraction of sp³-hybridized carbons (Fsp3) is 0.800. The first-order valence-electron chi connectivity index (χ1n) is 3.05. The summed E-state index contributed by atoms with van der Waals surface area (Å²) in [6.45, 7) is -1.62. The van der Waals surface area contributed by atoms with Gasteiger partial charge in [0, 0.05) is 0 Å². The van der Waals surface area contributed by atoms with E-state index >= 15 is 0 Å². The maximum absolute atomic E-state index is 11.5. The van der Waals surface area contributed by atoms with Crippen molar-refractivity contribution in [3.63, 3.8) is 0 Å². The summed E-state index contributed by atoms with van der Waals surface area (Å²) >= 11 is 0. The lowest BCUT2D eigenvalue weighted by atomic mass is 10.5. The Bertz CT molecular complexity index is 148. The van der Waals surface area contributed by atoms with Crippen molar-refractivity contribution in [3.8, 4) is 0 Å². The summed E-state index contributed by atoms with van der Waals surface area (Å²) in [4.78, 5) is 14.7. The summed E-state index contributed by atoms with van der Waals surface area (Å²) in [5.41, 5.74) is 2.10. The van der Waals surface area contributed by atoms with Gasteiger partial charge in [-0.1, -0.05) is 0 Å². The van der Waals surface area contributed by atoms with Gasteiger partial charge in [-0.25, -0.2) is 0 Å². The van der Waals surface area contributed by atoms with Crippen LogP contribution in [0.1, 0.15) is 0 Å². The standard InChI is InChI=1S/C5H9F3N2O2/c1-12-10-2-4(11)9-3-5(6,7)8/h10H,2-3H2,1H3,(H,9,11). The summed E-state index contributed by atoms with van der Waals surface area (Å²) in [6, 6.07) is 0. The molecule has 0 aliphatic rings. The first-order chi connectivity index (χ1) is 5.45. The molecule has 0 aromatic heterocycles. The van der Waals surface area contributed by atoms with Gasteiger partial charge in [-0.15, -0.1) is 0 Å². The van der Waals surface area contributed by atoms with Crippen molar-refractivity contribution < 1.29 is 22.8 Å². The van der Waals surface area contributed by atoms with Crippen molar-refractivity contribution in [2.45, 2.75) is 6.18 Å². The molecule has 0 saturated carbocycles. The van der Waals surface area contributed by atoms with Crippen LogP contribution in [0.3, 0.4) is 0 Å². The summed E-state index contributed by atoms with van der Waals surface area (Å²) in [6.07, 6.45) is -4.37. The van der Waals surface area contributed by atoms with Crippen LogP contribution in [-0.2, 0) is 9.63 Å². The molecule has 0 heterocycles. The topological polar surface area (TPSA) is 50.4 Å². The second kappa shape index (κ2) is 4.94. The molecule has 1 amide bonds. The van der Waals surface area contributed by atoms with E-state index in [2.05, 4.69) is 10.3 Å². The highest BCUT2D eigenvalue weighted by atomic mass is 19.4. The number of rotatable bonds is 4. The van der Waals surface area contributed by atoms with E-state index in [1.54, 1.807) is 5.32 Å². The van der Waals surface area contributed by atoms with E-state index in [-0.39, 0.29) is 6.54 Å². The second-order valence-electron chi connectivity index (χ2n) is 1.92. The highest BCUT2D eigenvalue weighted by Crippen LogP contribution is 2.11. The monoisotopic (exact) mass is 186 g/mol. The van der Waals surface area contributed by atoms with E-state index < -0.39 is 18.6 Å². The summed E-state index contributed by atoms with van der Waals surface area (Å²) in [5, 5.41) is 1.65. The molecule has 0 rings (SSSR count). The molecule has 0 radical (unpaired) electrons. The Balaban J connectivity index is 3.44. The molecule has 2 N–H and O–H groups in total. The molecule has 0 bridgehead atoms. The van der Waals surface area contributed by atoms with Crippen LogP contribution < -0.4 is 10.8 Å². The molecule has 0 aliphatic heterocycles. The summed E-state index contributed by atoms with van der Waals surface area (Å²) < 4.78 is 34.4. The normalized spacial score (nSPS) is 11.3. The number of carbonyl (C=O) groups excluding carboxylic acids is 1. The summed E-state index contributed by atoms with van der Waals surface area (Å²) in [7, 11) is 1.26. The molecular formula is C5H9F3N2O2. The molecule has 0 unspecified atom stereocenters. The van der Waals surface area contributed by atoms with Gasteiger partial charge in [0.15, 0.2) is 0 Å². The Hall–Kier alpha value is -0.820. The fourth-order valence-electron chi connectivity index (χ4n) is 0.399. The molecule has 0 aliphatic carbocycles. The summed E-state index contributed by atoms with van der Waals surface area (Å²) in [5.74, 6) is -0.769. The van der Waals surface area contributed by atoms with Gasteiger partial charge >= 0.3 is 6.18 Å². The maximum atomic E-state index is 11.5. The van der Waals surface area contributed by atoms with Crippen LogP contribution in [0.15, 0.2) is 0 Å². The zero-order valence-corrected chi connectivity index (χ0v) is 6.36. The number of halogens is 3. The molecule has 0 fully saturated rings. The predicted octanol–water partition coefficient (Wildman–Crippen LogP) is -0.184. The lowest BCUT2D eigenvalue weighted by molar-refractivity contribution is -0.139. The highest BCUT2D eigenvalue weighted by Gasteiger charge is 2.27. The van der Waals surface area contributed by atoms with E-state index in [0.29, 0.717) is 0 Å². The van der Waals surface area contributed by atoms with Crippen molar-refractivity contribution in [3.05, 3.63) is 0 Å². The molecule has 0 aromatic carbocycles. The molecule has 7 heteroatoms. The molecule has 12 heavy (non-hydrogen) atoms. The zero-order chi connectivity index (χ0) is 9.61. The van der Waals surface area contributed by atoms with Crippen LogP contribution in [0.25, 0.3) is 0 Å². The van der Waals surface area contributed by atoms with Gasteiger partial charge in [0.25, 0.3) is 0 Å². The van der Waals surface area contributed by atoms with Gasteiger partial charge in [-0.05, 0) is 0 Å². The van der Waals surface area contributed by atoms with Crippen LogP contribution in [0.4, 0.5) is 13.2 Å². The molecule has 0 aromatic rings. The van der Waals surface area contributed by atoms with Crippen molar-refractivity contribution in [1.29, 1.82) is 0 Å². The molecule has 0 spiro atoms. The average Bonchev–Trinajstić information content (AvgIpc) is 1.95. The average molecular weight is 186 g/mol. The first kappa shape index (κ1) is 11.2. The van der Waals surface area contributed by atoms with Crippen molar-refractivity contribution in [2.24, 2.45) is 0 Å². The second-order valence-corrected chi connectivity index (χ2v) is 1.92. The van der Waals surface area contributed by atoms with Crippen molar-refractivity contribution >= 4 is 5.91 Å². The fourth-order valence-corrected chi connectivity index (χ4v) is 0.399. The van der Waals surface area contributed by atoms with Crippen LogP contribution in [0, 0.1) is 0 Å². The van der Waals surface area contributed by atoms with Crippen LogP contribution in [0.2, 0.25) is 0 Å². The third-order valence-electron chi connectivity index (χ3n) is 0.863. The number of hydrogen-bond donors (Lipinski definition) is 2. The predicted molar refractivity (Wildman–Crippen MR) is 34.1 cm³/mol. The molecular weight excluding hydrogens is 177 g/mol. The molecule has 0 saturated heterocycles. The SMILES string of the molecule is CONCC(=O)NCC(F)(F)F. The van der Waals surface area contributed by atoms with E-state index in [0.717, 1.165) is 0 Å². The number of nitrogens with one attached hydrogen (secondary N) is 2. The van der Waals surface area contributed by atoms with Gasteiger partial charge in [0.2, 0.25) is 5.91 Å². The largest absolute Gasteiger partial charge is 0.405 e. The Morgan fingerprint density at radius 1 is 1.50 bits per heavy atom. The van der Waals surface area contributed by atoms with Gasteiger partial charge in [0.1, 0.15) is 6.54 Å². The van der Waals surface area contributed by atoms with E-state index in [1.165, 1.54) is 7.11 Å². The van der Waals surface area contributed by atoms with Gasteiger partial charge in [-0.3, -0.25) is 4.79 Å². The lowest BCUT2D eigenvalue weighted by Gasteiger charge is -2.07. The number of hydrogen-bond acceptors (Lipinski definition) is 3. The van der Waals surface area contributed by atoms with Crippen LogP contribution >= 0.6 is 0 Å². The first-order valence-corrected chi connectivity index (χ1v) is 3.05. The minimum Gasteiger partial charge on any atom is -0.346 e. The van der Waals surface area contributed by atoms with E-state index in [4.69, 9.17) is 0 Å². The van der Waals surface area contributed by atoms with Crippen LogP contribution in [-0.4, -0.2) is 32.3 Å². The Kier molecular flexibility index (Phi) is 4.60. The van der Waals surface area contributed by atoms with E-state index in [1.807, 2.05) is 0 Å². The maximum Gasteiger partial charge on any atom is 0.405 e. The van der Waals surface area contributed by atoms with Gasteiger partial charge in [0.05, 0.1) is 13.7 Å². The quantitative estimate of drug-likeness (QED) is 0.598.